The zero-order chi connectivity index (χ0) is 17.1. The van der Waals surface area contributed by atoms with Crippen molar-refractivity contribution < 1.29 is 4.39 Å². The predicted octanol–water partition coefficient (Wildman–Crippen LogP) is 2.40. The van der Waals surface area contributed by atoms with Crippen molar-refractivity contribution in [3.05, 3.63) is 51.7 Å². The molecule has 0 bridgehead atoms. The van der Waals surface area contributed by atoms with E-state index in [-0.39, 0.29) is 11.4 Å². The molecular formula is C17H20FN5O. The molecule has 3 rings (SSSR count). The second-order valence-corrected chi connectivity index (χ2v) is 5.74. The standard InChI is InChI=1S/C17H20FN5O/c1-3-4-13-14-15(23(2)22-13)16(24)21-17(20-14)19-10-9-11-5-7-12(18)8-6-11/h5-8H,3-4,9-10H2,1-2H3,(H2,19,20,21,24). The van der Waals surface area contributed by atoms with Gasteiger partial charge < -0.3 is 5.32 Å². The Balaban J connectivity index is 1.78. The molecule has 2 aromatic heterocycles. The average molecular weight is 329 g/mol. The number of hydrogen-bond donors (Lipinski definition) is 2. The molecule has 0 unspecified atom stereocenters. The maximum atomic E-state index is 12.9. The maximum absolute atomic E-state index is 12.9. The minimum absolute atomic E-state index is 0.207. The van der Waals surface area contributed by atoms with Gasteiger partial charge in [-0.05, 0) is 30.5 Å². The van der Waals surface area contributed by atoms with Gasteiger partial charge in [0.1, 0.15) is 11.3 Å². The number of halogens is 1. The summed E-state index contributed by atoms with van der Waals surface area (Å²) < 4.78 is 14.5. The number of nitrogens with one attached hydrogen (secondary N) is 2. The number of rotatable bonds is 6. The predicted molar refractivity (Wildman–Crippen MR) is 91.7 cm³/mol. The third kappa shape index (κ3) is 3.29. The minimum Gasteiger partial charge on any atom is -0.355 e. The maximum Gasteiger partial charge on any atom is 0.278 e. The summed E-state index contributed by atoms with van der Waals surface area (Å²) in [5.41, 5.74) is 2.78. The Morgan fingerprint density at radius 2 is 2.00 bits per heavy atom. The van der Waals surface area contributed by atoms with Crippen LogP contribution in [-0.2, 0) is 19.9 Å². The van der Waals surface area contributed by atoms with Crippen molar-refractivity contribution in [2.24, 2.45) is 7.05 Å². The number of aryl methyl sites for hydroxylation is 2. The van der Waals surface area contributed by atoms with Crippen molar-refractivity contribution in [1.29, 1.82) is 0 Å². The van der Waals surface area contributed by atoms with E-state index in [2.05, 4.69) is 27.3 Å². The van der Waals surface area contributed by atoms with Crippen LogP contribution in [0.25, 0.3) is 11.0 Å². The van der Waals surface area contributed by atoms with Gasteiger partial charge in [0.2, 0.25) is 5.95 Å². The van der Waals surface area contributed by atoms with Crippen LogP contribution in [0.15, 0.2) is 29.1 Å². The Morgan fingerprint density at radius 3 is 2.71 bits per heavy atom. The molecule has 0 spiro atoms. The van der Waals surface area contributed by atoms with Crippen molar-refractivity contribution in [3.63, 3.8) is 0 Å². The van der Waals surface area contributed by atoms with E-state index in [4.69, 9.17) is 0 Å². The van der Waals surface area contributed by atoms with Crippen LogP contribution in [0.4, 0.5) is 10.3 Å². The lowest BCUT2D eigenvalue weighted by Gasteiger charge is -2.06. The number of fused-ring (bicyclic) bond motifs is 1. The highest BCUT2D eigenvalue weighted by Gasteiger charge is 2.14. The molecule has 6 nitrogen and oxygen atoms in total. The van der Waals surface area contributed by atoms with Crippen LogP contribution in [0.1, 0.15) is 24.6 Å². The Bertz CT molecular complexity index is 898. The van der Waals surface area contributed by atoms with Gasteiger partial charge in [0.25, 0.3) is 5.56 Å². The molecule has 0 aliphatic heterocycles. The normalized spacial score (nSPS) is 11.1. The Morgan fingerprint density at radius 1 is 1.25 bits per heavy atom. The van der Waals surface area contributed by atoms with E-state index in [1.807, 2.05) is 0 Å². The van der Waals surface area contributed by atoms with Crippen molar-refractivity contribution >= 4 is 17.0 Å². The lowest BCUT2D eigenvalue weighted by molar-refractivity contribution is 0.627. The van der Waals surface area contributed by atoms with Gasteiger partial charge >= 0.3 is 0 Å². The van der Waals surface area contributed by atoms with Gasteiger partial charge in [0.15, 0.2) is 5.52 Å². The monoisotopic (exact) mass is 329 g/mol. The highest BCUT2D eigenvalue weighted by molar-refractivity contribution is 5.77. The molecule has 1 aromatic carbocycles. The molecule has 24 heavy (non-hydrogen) atoms. The fraction of sp³-hybridized carbons (Fsp3) is 0.353. The van der Waals surface area contributed by atoms with Gasteiger partial charge in [-0.2, -0.15) is 5.10 Å². The molecule has 0 fully saturated rings. The smallest absolute Gasteiger partial charge is 0.278 e. The second-order valence-electron chi connectivity index (χ2n) is 5.74. The third-order valence-corrected chi connectivity index (χ3v) is 3.87. The van der Waals surface area contributed by atoms with E-state index in [0.29, 0.717) is 29.9 Å². The van der Waals surface area contributed by atoms with E-state index in [9.17, 15) is 9.18 Å². The summed E-state index contributed by atoms with van der Waals surface area (Å²) in [7, 11) is 1.75. The average Bonchev–Trinajstić information content (AvgIpc) is 2.86. The molecule has 0 amide bonds. The molecule has 0 aliphatic carbocycles. The summed E-state index contributed by atoms with van der Waals surface area (Å²) in [5.74, 6) is 0.183. The summed E-state index contributed by atoms with van der Waals surface area (Å²) in [4.78, 5) is 19.5. The van der Waals surface area contributed by atoms with Gasteiger partial charge in [0, 0.05) is 13.6 Å². The number of benzene rings is 1. The fourth-order valence-electron chi connectivity index (χ4n) is 2.71. The highest BCUT2D eigenvalue weighted by atomic mass is 19.1. The number of aromatic nitrogens is 4. The summed E-state index contributed by atoms with van der Waals surface area (Å²) in [6, 6.07) is 6.37. The zero-order valence-electron chi connectivity index (χ0n) is 13.8. The molecule has 0 saturated heterocycles. The number of H-pyrrole nitrogens is 1. The van der Waals surface area contributed by atoms with E-state index < -0.39 is 0 Å². The second kappa shape index (κ2) is 6.82. The number of hydrogen-bond acceptors (Lipinski definition) is 4. The summed E-state index contributed by atoms with van der Waals surface area (Å²) >= 11 is 0. The molecule has 7 heteroatoms. The third-order valence-electron chi connectivity index (χ3n) is 3.87. The number of aromatic amines is 1. The fourth-order valence-corrected chi connectivity index (χ4v) is 2.71. The van der Waals surface area contributed by atoms with Crippen LogP contribution in [0.3, 0.4) is 0 Å². The Kier molecular flexibility index (Phi) is 4.59. The molecule has 126 valence electrons. The molecule has 3 aromatic rings. The largest absolute Gasteiger partial charge is 0.355 e. The quantitative estimate of drug-likeness (QED) is 0.728. The van der Waals surface area contributed by atoms with Crippen LogP contribution in [0, 0.1) is 5.82 Å². The van der Waals surface area contributed by atoms with Gasteiger partial charge in [-0.15, -0.1) is 0 Å². The van der Waals surface area contributed by atoms with E-state index >= 15 is 0 Å². The molecule has 2 heterocycles. The lowest BCUT2D eigenvalue weighted by Crippen LogP contribution is -2.16. The zero-order valence-corrected chi connectivity index (χ0v) is 13.8. The summed E-state index contributed by atoms with van der Waals surface area (Å²) in [5, 5.41) is 7.51. The first kappa shape index (κ1) is 16.2. The van der Waals surface area contributed by atoms with Gasteiger partial charge in [0.05, 0.1) is 5.69 Å². The van der Waals surface area contributed by atoms with E-state index in [1.54, 1.807) is 23.9 Å². The number of nitrogens with zero attached hydrogens (tertiary/aromatic N) is 3. The Labute approximate surface area is 138 Å². The van der Waals surface area contributed by atoms with Gasteiger partial charge in [-0.1, -0.05) is 25.5 Å². The van der Waals surface area contributed by atoms with Crippen molar-refractivity contribution in [2.75, 3.05) is 11.9 Å². The van der Waals surface area contributed by atoms with Crippen molar-refractivity contribution in [2.45, 2.75) is 26.2 Å². The first-order valence-electron chi connectivity index (χ1n) is 8.02. The number of anilines is 1. The van der Waals surface area contributed by atoms with Crippen molar-refractivity contribution in [1.82, 2.24) is 19.7 Å². The van der Waals surface area contributed by atoms with Gasteiger partial charge in [-0.3, -0.25) is 14.5 Å². The van der Waals surface area contributed by atoms with Crippen LogP contribution in [-0.4, -0.2) is 26.3 Å². The molecule has 0 radical (unpaired) electrons. The SMILES string of the molecule is CCCc1nn(C)c2c(=O)[nH]c(NCCc3ccc(F)cc3)nc12. The molecular weight excluding hydrogens is 309 g/mol. The molecule has 2 N–H and O–H groups in total. The minimum atomic E-state index is -0.247. The van der Waals surface area contributed by atoms with Crippen LogP contribution >= 0.6 is 0 Å². The molecule has 0 saturated carbocycles. The summed E-state index contributed by atoms with van der Waals surface area (Å²) in [6.07, 6.45) is 2.42. The summed E-state index contributed by atoms with van der Waals surface area (Å²) in [6.45, 7) is 2.65. The Hall–Kier alpha value is -2.70. The van der Waals surface area contributed by atoms with E-state index in [1.165, 1.54) is 12.1 Å². The lowest BCUT2D eigenvalue weighted by atomic mass is 10.1. The van der Waals surface area contributed by atoms with Crippen LogP contribution < -0.4 is 10.9 Å². The first-order valence-corrected chi connectivity index (χ1v) is 8.02. The van der Waals surface area contributed by atoms with E-state index in [0.717, 1.165) is 24.1 Å². The topological polar surface area (TPSA) is 75.6 Å². The molecule has 0 aliphatic rings. The highest BCUT2D eigenvalue weighted by Crippen LogP contribution is 2.15. The first-order chi connectivity index (χ1) is 11.6. The van der Waals surface area contributed by atoms with Crippen LogP contribution in [0.5, 0.6) is 0 Å². The van der Waals surface area contributed by atoms with Crippen LogP contribution in [0.2, 0.25) is 0 Å². The molecule has 0 atom stereocenters. The van der Waals surface area contributed by atoms with Gasteiger partial charge in [-0.25, -0.2) is 9.37 Å². The van der Waals surface area contributed by atoms with Crippen molar-refractivity contribution in [3.8, 4) is 0 Å².